The van der Waals surface area contributed by atoms with Crippen LogP contribution in [-0.2, 0) is 22.4 Å². The molecule has 4 nitrogen and oxygen atoms in total. The van der Waals surface area contributed by atoms with Gasteiger partial charge in [0.2, 0.25) is 0 Å². The lowest BCUT2D eigenvalue weighted by molar-refractivity contribution is -0.143. The predicted octanol–water partition coefficient (Wildman–Crippen LogP) is 5.54. The third kappa shape index (κ3) is 4.90. The van der Waals surface area contributed by atoms with Gasteiger partial charge in [-0.15, -0.1) is 0 Å². The van der Waals surface area contributed by atoms with Gasteiger partial charge in [-0.05, 0) is 30.3 Å². The average Bonchev–Trinajstić information content (AvgIpc) is 2.49. The number of sulfonamides is 1. The topological polar surface area (TPSA) is 66.4 Å². The van der Waals surface area contributed by atoms with Gasteiger partial charge in [0, 0.05) is 0 Å². The van der Waals surface area contributed by atoms with E-state index in [1.807, 2.05) is 0 Å². The zero-order valence-electron chi connectivity index (χ0n) is 12.6. The van der Waals surface area contributed by atoms with Crippen LogP contribution in [0.1, 0.15) is 11.1 Å². The van der Waals surface area contributed by atoms with Crippen LogP contribution in [0.5, 0.6) is 5.75 Å². The summed E-state index contributed by atoms with van der Waals surface area (Å²) in [4.78, 5) is -0.679. The molecule has 0 heterocycles. The summed E-state index contributed by atoms with van der Waals surface area (Å²) in [5.74, 6) is -0.643. The quantitative estimate of drug-likeness (QED) is 0.599. The summed E-state index contributed by atoms with van der Waals surface area (Å²) in [6.45, 7) is 0. The number of hydrogen-bond acceptors (Lipinski definition) is 3. The average molecular weight is 454 g/mol. The third-order valence-electron chi connectivity index (χ3n) is 3.14. The molecular formula is C14H7Cl2F6NO3S. The Labute approximate surface area is 158 Å². The lowest BCUT2D eigenvalue weighted by Gasteiger charge is -2.15. The van der Waals surface area contributed by atoms with Crippen LogP contribution in [0.3, 0.4) is 0 Å². The minimum absolute atomic E-state index is 0.147. The molecule has 0 aliphatic carbocycles. The van der Waals surface area contributed by atoms with Crippen LogP contribution in [0.2, 0.25) is 10.0 Å². The van der Waals surface area contributed by atoms with E-state index in [-0.39, 0.29) is 18.2 Å². The van der Waals surface area contributed by atoms with Gasteiger partial charge in [0.1, 0.15) is 0 Å². The molecular weight excluding hydrogens is 447 g/mol. The van der Waals surface area contributed by atoms with Crippen molar-refractivity contribution in [2.75, 3.05) is 4.72 Å². The third-order valence-corrected chi connectivity index (χ3v) is 5.08. The van der Waals surface area contributed by atoms with Gasteiger partial charge in [0.05, 0.1) is 31.8 Å². The van der Waals surface area contributed by atoms with Crippen LogP contribution in [0.15, 0.2) is 35.2 Å². The monoisotopic (exact) mass is 453 g/mol. The van der Waals surface area contributed by atoms with Crippen LogP contribution in [0.25, 0.3) is 0 Å². The van der Waals surface area contributed by atoms with Crippen molar-refractivity contribution in [1.82, 2.24) is 0 Å². The maximum absolute atomic E-state index is 12.8. The standard InChI is InChI=1S/C14H7Cl2F6NO3S/c15-10-4-9(5-11(16)12(10)24)27(25,26)23-8-2-6(13(17,18)19)1-7(3-8)14(20,21)22/h1-5,23-24H. The molecule has 13 heteroatoms. The van der Waals surface area contributed by atoms with E-state index >= 15 is 0 Å². The van der Waals surface area contributed by atoms with Crippen molar-refractivity contribution in [3.05, 3.63) is 51.5 Å². The lowest BCUT2D eigenvalue weighted by atomic mass is 10.1. The van der Waals surface area contributed by atoms with Gasteiger partial charge in [0.25, 0.3) is 10.0 Å². The van der Waals surface area contributed by atoms with Crippen molar-refractivity contribution in [2.45, 2.75) is 17.2 Å². The lowest BCUT2D eigenvalue weighted by Crippen LogP contribution is -2.16. The molecule has 0 amide bonds. The summed E-state index contributed by atoms with van der Waals surface area (Å²) < 4.78 is 103. The number of alkyl halides is 6. The second-order valence-electron chi connectivity index (χ2n) is 5.14. The second kappa shape index (κ2) is 6.95. The van der Waals surface area contributed by atoms with E-state index in [9.17, 15) is 39.9 Å². The first-order valence-corrected chi connectivity index (χ1v) is 8.85. The number of phenolic OH excluding ortho intramolecular Hbond substituents is 1. The Kier molecular flexibility index (Phi) is 5.52. The molecule has 0 saturated heterocycles. The number of halogens is 8. The maximum Gasteiger partial charge on any atom is 0.416 e. The number of nitrogens with one attached hydrogen (secondary N) is 1. The van der Waals surface area contributed by atoms with Crippen LogP contribution in [-0.4, -0.2) is 13.5 Å². The van der Waals surface area contributed by atoms with E-state index in [4.69, 9.17) is 23.2 Å². The van der Waals surface area contributed by atoms with E-state index in [1.54, 1.807) is 4.72 Å². The van der Waals surface area contributed by atoms with Gasteiger partial charge < -0.3 is 5.11 Å². The van der Waals surface area contributed by atoms with Crippen LogP contribution in [0.4, 0.5) is 32.0 Å². The zero-order chi connectivity index (χ0) is 20.8. The SMILES string of the molecule is O=S(=O)(Nc1cc(C(F)(F)F)cc(C(F)(F)F)c1)c1cc(Cl)c(O)c(Cl)c1. The summed E-state index contributed by atoms with van der Waals surface area (Å²) in [5.41, 5.74) is -4.37. The number of aromatic hydroxyl groups is 1. The Balaban J connectivity index is 2.55. The van der Waals surface area contributed by atoms with Crippen LogP contribution in [0, 0.1) is 0 Å². The normalized spacial score (nSPS) is 12.9. The fraction of sp³-hybridized carbons (Fsp3) is 0.143. The highest BCUT2D eigenvalue weighted by Crippen LogP contribution is 2.39. The molecule has 148 valence electrons. The molecule has 2 rings (SSSR count). The summed E-state index contributed by atoms with van der Waals surface area (Å²) in [5, 5.41) is 8.44. The highest BCUT2D eigenvalue weighted by atomic mass is 35.5. The van der Waals surface area contributed by atoms with E-state index in [1.165, 1.54) is 0 Å². The van der Waals surface area contributed by atoms with Crippen molar-refractivity contribution >= 4 is 38.9 Å². The number of phenols is 1. The van der Waals surface area contributed by atoms with Gasteiger partial charge in [-0.25, -0.2) is 8.42 Å². The van der Waals surface area contributed by atoms with Crippen molar-refractivity contribution in [1.29, 1.82) is 0 Å². The molecule has 0 fully saturated rings. The Morgan fingerprint density at radius 1 is 0.815 bits per heavy atom. The van der Waals surface area contributed by atoms with Crippen molar-refractivity contribution < 1.29 is 39.9 Å². The molecule has 0 radical (unpaired) electrons. The van der Waals surface area contributed by atoms with Gasteiger partial charge in [-0.3, -0.25) is 4.72 Å². The molecule has 27 heavy (non-hydrogen) atoms. The molecule has 0 saturated carbocycles. The largest absolute Gasteiger partial charge is 0.505 e. The second-order valence-corrected chi connectivity index (χ2v) is 7.63. The molecule has 0 aliphatic rings. The summed E-state index contributed by atoms with van der Waals surface area (Å²) in [6, 6.07) is 1.71. The molecule has 0 spiro atoms. The van der Waals surface area contributed by atoms with E-state index in [0.29, 0.717) is 0 Å². The summed E-state index contributed by atoms with van der Waals surface area (Å²) in [6.07, 6.45) is -10.3. The van der Waals surface area contributed by atoms with Gasteiger partial charge >= 0.3 is 12.4 Å². The number of anilines is 1. The molecule has 2 aromatic carbocycles. The smallest absolute Gasteiger partial charge is 0.416 e. The first-order valence-electron chi connectivity index (χ1n) is 6.61. The maximum atomic E-state index is 12.8. The van der Waals surface area contributed by atoms with Crippen molar-refractivity contribution in [3.8, 4) is 5.75 Å². The first kappa shape index (κ1) is 21.5. The van der Waals surface area contributed by atoms with Crippen molar-refractivity contribution in [2.24, 2.45) is 0 Å². The zero-order valence-corrected chi connectivity index (χ0v) is 14.9. The molecule has 0 atom stereocenters. The fourth-order valence-corrected chi connectivity index (χ4v) is 3.63. The van der Waals surface area contributed by atoms with E-state index < -0.39 is 59.9 Å². The Hall–Kier alpha value is -1.85. The minimum atomic E-state index is -5.15. The van der Waals surface area contributed by atoms with E-state index in [2.05, 4.69) is 0 Å². The van der Waals surface area contributed by atoms with E-state index in [0.717, 1.165) is 12.1 Å². The Morgan fingerprint density at radius 3 is 1.59 bits per heavy atom. The molecule has 2 N–H and O–H groups in total. The first-order chi connectivity index (χ1) is 12.1. The Bertz CT molecular complexity index is 934. The molecule has 0 aliphatic heterocycles. The summed E-state index contributed by atoms with van der Waals surface area (Å²) in [7, 11) is -4.66. The fourth-order valence-electron chi connectivity index (χ4n) is 1.93. The van der Waals surface area contributed by atoms with Crippen molar-refractivity contribution in [3.63, 3.8) is 0 Å². The van der Waals surface area contributed by atoms with Gasteiger partial charge in [-0.1, -0.05) is 23.2 Å². The highest BCUT2D eigenvalue weighted by Gasteiger charge is 2.37. The van der Waals surface area contributed by atoms with Crippen LogP contribution >= 0.6 is 23.2 Å². The number of rotatable bonds is 3. The highest BCUT2D eigenvalue weighted by molar-refractivity contribution is 7.92. The van der Waals surface area contributed by atoms with Gasteiger partial charge in [-0.2, -0.15) is 26.3 Å². The predicted molar refractivity (Wildman–Crippen MR) is 85.4 cm³/mol. The molecule has 0 bridgehead atoms. The minimum Gasteiger partial charge on any atom is -0.505 e. The molecule has 2 aromatic rings. The molecule has 0 aromatic heterocycles. The van der Waals surface area contributed by atoms with Crippen LogP contribution < -0.4 is 4.72 Å². The molecule has 0 unspecified atom stereocenters. The Morgan fingerprint density at radius 2 is 1.22 bits per heavy atom. The summed E-state index contributed by atoms with van der Waals surface area (Å²) >= 11 is 11.1. The number of benzene rings is 2. The number of hydrogen-bond donors (Lipinski definition) is 2. The van der Waals surface area contributed by atoms with Gasteiger partial charge in [0.15, 0.2) is 5.75 Å².